The Kier molecular flexibility index (Phi) is 5.57. The van der Waals surface area contributed by atoms with Gasteiger partial charge in [-0.2, -0.15) is 5.26 Å². The summed E-state index contributed by atoms with van der Waals surface area (Å²) in [6, 6.07) is 8.94. The number of nitrogens with one attached hydrogen (secondary N) is 1. The molecule has 6 nitrogen and oxygen atoms in total. The Morgan fingerprint density at radius 3 is 2.62 bits per heavy atom. The van der Waals surface area contributed by atoms with Crippen molar-refractivity contribution in [3.05, 3.63) is 40.2 Å². The Morgan fingerprint density at radius 1 is 1.23 bits per heavy atom. The number of benzene rings is 1. The summed E-state index contributed by atoms with van der Waals surface area (Å²) >= 11 is 0. The van der Waals surface area contributed by atoms with Gasteiger partial charge in [-0.15, -0.1) is 0 Å². The second-order valence-corrected chi connectivity index (χ2v) is 6.77. The Morgan fingerprint density at radius 2 is 1.92 bits per heavy atom. The van der Waals surface area contributed by atoms with Gasteiger partial charge in [0.1, 0.15) is 11.3 Å². The first-order valence-electron chi connectivity index (χ1n) is 9.15. The minimum atomic E-state index is -0.553. The lowest BCUT2D eigenvalue weighted by atomic mass is 10.1. The molecule has 2 aromatic rings. The predicted molar refractivity (Wildman–Crippen MR) is 99.1 cm³/mol. The molecule has 1 aliphatic rings. The van der Waals surface area contributed by atoms with Crippen LogP contribution in [0.3, 0.4) is 0 Å². The van der Waals surface area contributed by atoms with Gasteiger partial charge in [-0.3, -0.25) is 9.59 Å². The molecule has 3 rings (SSSR count). The van der Waals surface area contributed by atoms with Crippen molar-refractivity contribution in [2.24, 2.45) is 0 Å². The van der Waals surface area contributed by atoms with Crippen LogP contribution < -0.4 is 10.9 Å². The molecule has 1 aromatic heterocycles. The van der Waals surface area contributed by atoms with Crippen LogP contribution in [-0.2, 0) is 6.54 Å². The van der Waals surface area contributed by atoms with E-state index in [0.29, 0.717) is 10.9 Å². The highest BCUT2D eigenvalue weighted by Gasteiger charge is 2.24. The monoisotopic (exact) mass is 353 g/mol. The normalized spacial score (nSPS) is 15.3. The Balaban J connectivity index is 2.03. The molecule has 0 spiro atoms. The third-order valence-corrected chi connectivity index (χ3v) is 5.01. The molecule has 1 amide bonds. The average molecular weight is 353 g/mol. The van der Waals surface area contributed by atoms with Crippen LogP contribution >= 0.6 is 0 Å². The number of hydrogen-bond donors (Lipinski definition) is 2. The summed E-state index contributed by atoms with van der Waals surface area (Å²) in [5, 5.41) is 22.8. The van der Waals surface area contributed by atoms with Crippen molar-refractivity contribution >= 4 is 16.8 Å². The zero-order valence-corrected chi connectivity index (χ0v) is 14.7. The van der Waals surface area contributed by atoms with Crippen molar-refractivity contribution in [2.45, 2.75) is 57.5 Å². The highest BCUT2D eigenvalue weighted by atomic mass is 16.3. The fourth-order valence-electron chi connectivity index (χ4n) is 3.66. The Labute approximate surface area is 152 Å². The number of fused-ring (bicyclic) bond motifs is 1. The van der Waals surface area contributed by atoms with E-state index in [9.17, 15) is 14.7 Å². The summed E-state index contributed by atoms with van der Waals surface area (Å²) < 4.78 is 1.40. The van der Waals surface area contributed by atoms with E-state index >= 15 is 0 Å². The van der Waals surface area contributed by atoms with Gasteiger partial charge in [-0.1, -0.05) is 37.8 Å². The van der Waals surface area contributed by atoms with Crippen LogP contribution in [0.5, 0.6) is 5.75 Å². The number of rotatable bonds is 4. The summed E-state index contributed by atoms with van der Waals surface area (Å²) in [5.74, 6) is -0.819. The van der Waals surface area contributed by atoms with Gasteiger partial charge < -0.3 is 15.0 Å². The van der Waals surface area contributed by atoms with Gasteiger partial charge in [-0.05, 0) is 25.0 Å². The van der Waals surface area contributed by atoms with E-state index < -0.39 is 11.5 Å². The van der Waals surface area contributed by atoms with Gasteiger partial charge in [0.15, 0.2) is 0 Å². The molecule has 2 N–H and O–H groups in total. The molecule has 26 heavy (non-hydrogen) atoms. The number of carbonyl (C=O) groups is 1. The highest BCUT2D eigenvalue weighted by Crippen LogP contribution is 2.27. The van der Waals surface area contributed by atoms with Crippen molar-refractivity contribution in [1.82, 2.24) is 9.88 Å². The smallest absolute Gasteiger partial charge is 0.267 e. The Hall–Kier alpha value is -2.81. The second kappa shape index (κ2) is 8.05. The first-order valence-corrected chi connectivity index (χ1v) is 9.15. The zero-order valence-electron chi connectivity index (χ0n) is 14.7. The summed E-state index contributed by atoms with van der Waals surface area (Å²) in [5.41, 5.74) is -0.260. The Bertz CT molecular complexity index is 903. The molecular weight excluding hydrogens is 330 g/mol. The van der Waals surface area contributed by atoms with Gasteiger partial charge in [0.05, 0.1) is 18.0 Å². The molecule has 1 heterocycles. The molecular formula is C20H23N3O3. The highest BCUT2D eigenvalue weighted by molar-refractivity contribution is 6.02. The number of carbonyl (C=O) groups excluding carboxylic acids is 1. The molecule has 1 fully saturated rings. The summed E-state index contributed by atoms with van der Waals surface area (Å²) in [4.78, 5) is 25.7. The van der Waals surface area contributed by atoms with Gasteiger partial charge in [0.25, 0.3) is 11.5 Å². The first kappa shape index (κ1) is 18.0. The number of aromatic hydroxyl groups is 1. The van der Waals surface area contributed by atoms with E-state index in [4.69, 9.17) is 5.26 Å². The van der Waals surface area contributed by atoms with Crippen LogP contribution in [0.15, 0.2) is 29.1 Å². The standard InChI is InChI=1S/C20H23N3O3/c21-12-7-13-23-16-11-6-5-10-15(16)18(24)17(20(23)26)19(25)22-14-8-3-1-2-4-9-14/h5-6,10-11,14,24H,1-4,7-9,13H2,(H,22,25). The van der Waals surface area contributed by atoms with Crippen molar-refractivity contribution in [2.75, 3.05) is 0 Å². The van der Waals surface area contributed by atoms with E-state index in [1.165, 1.54) is 4.57 Å². The van der Waals surface area contributed by atoms with E-state index in [1.807, 2.05) is 6.07 Å². The van der Waals surface area contributed by atoms with Gasteiger partial charge in [0.2, 0.25) is 0 Å². The topological polar surface area (TPSA) is 95.1 Å². The first-order chi connectivity index (χ1) is 12.6. The molecule has 1 saturated carbocycles. The third-order valence-electron chi connectivity index (χ3n) is 5.01. The molecule has 1 aromatic carbocycles. The van der Waals surface area contributed by atoms with E-state index in [-0.39, 0.29) is 30.3 Å². The number of nitriles is 1. The average Bonchev–Trinajstić information content (AvgIpc) is 2.90. The predicted octanol–water partition coefficient (Wildman–Crippen LogP) is 3.07. The van der Waals surface area contributed by atoms with Crippen molar-refractivity contribution < 1.29 is 9.90 Å². The number of aromatic nitrogens is 1. The summed E-state index contributed by atoms with van der Waals surface area (Å²) in [6.07, 6.45) is 6.37. The maximum absolute atomic E-state index is 12.9. The molecule has 0 bridgehead atoms. The maximum atomic E-state index is 12.9. The second-order valence-electron chi connectivity index (χ2n) is 6.77. The third kappa shape index (κ3) is 3.57. The fourth-order valence-corrected chi connectivity index (χ4v) is 3.66. The van der Waals surface area contributed by atoms with E-state index in [0.717, 1.165) is 38.5 Å². The minimum absolute atomic E-state index is 0.0304. The molecule has 0 radical (unpaired) electrons. The van der Waals surface area contributed by atoms with E-state index in [2.05, 4.69) is 5.32 Å². The van der Waals surface area contributed by atoms with Crippen molar-refractivity contribution in [1.29, 1.82) is 5.26 Å². The summed E-state index contributed by atoms with van der Waals surface area (Å²) in [6.45, 7) is 0.180. The number of hydrogen-bond acceptors (Lipinski definition) is 4. The number of amides is 1. The quantitative estimate of drug-likeness (QED) is 0.826. The fraction of sp³-hybridized carbons (Fsp3) is 0.450. The van der Waals surface area contributed by atoms with Crippen LogP contribution in [0.4, 0.5) is 0 Å². The molecule has 6 heteroatoms. The van der Waals surface area contributed by atoms with Crippen LogP contribution in [0.2, 0.25) is 0 Å². The lowest BCUT2D eigenvalue weighted by Gasteiger charge is -2.18. The van der Waals surface area contributed by atoms with Gasteiger partial charge >= 0.3 is 0 Å². The van der Waals surface area contributed by atoms with Crippen molar-refractivity contribution in [3.63, 3.8) is 0 Å². The number of nitrogens with zero attached hydrogens (tertiary/aromatic N) is 2. The van der Waals surface area contributed by atoms with E-state index in [1.54, 1.807) is 24.3 Å². The van der Waals surface area contributed by atoms with Crippen LogP contribution in [0.25, 0.3) is 10.9 Å². The SMILES string of the molecule is N#CCCn1c(=O)c(C(=O)NC2CCCCCC2)c(O)c2ccccc21. The van der Waals surface area contributed by atoms with Gasteiger partial charge in [0, 0.05) is 18.0 Å². The molecule has 0 saturated heterocycles. The van der Waals surface area contributed by atoms with Crippen LogP contribution in [0, 0.1) is 11.3 Å². The molecule has 0 aliphatic heterocycles. The lowest BCUT2D eigenvalue weighted by Crippen LogP contribution is -2.39. The minimum Gasteiger partial charge on any atom is -0.506 e. The van der Waals surface area contributed by atoms with Gasteiger partial charge in [-0.25, -0.2) is 0 Å². The number of aryl methyl sites for hydroxylation is 1. The maximum Gasteiger partial charge on any atom is 0.267 e. The largest absolute Gasteiger partial charge is 0.506 e. The summed E-state index contributed by atoms with van der Waals surface area (Å²) in [7, 11) is 0. The van der Waals surface area contributed by atoms with Crippen LogP contribution in [0.1, 0.15) is 55.3 Å². The molecule has 136 valence electrons. The van der Waals surface area contributed by atoms with Crippen LogP contribution in [-0.4, -0.2) is 21.6 Å². The molecule has 1 aliphatic carbocycles. The molecule has 0 atom stereocenters. The van der Waals surface area contributed by atoms with Crippen molar-refractivity contribution in [3.8, 4) is 11.8 Å². The number of pyridine rings is 1. The number of para-hydroxylation sites is 1. The lowest BCUT2D eigenvalue weighted by molar-refractivity contribution is 0.0928. The molecule has 0 unspecified atom stereocenters. The zero-order chi connectivity index (χ0) is 18.5.